The van der Waals surface area contributed by atoms with Gasteiger partial charge in [-0.3, -0.25) is 19.5 Å². The fourth-order valence-corrected chi connectivity index (χ4v) is 3.70. The molecule has 0 spiro atoms. The summed E-state index contributed by atoms with van der Waals surface area (Å²) < 4.78 is 81.9. The van der Waals surface area contributed by atoms with Gasteiger partial charge in [-0.2, -0.15) is 13.2 Å². The maximum atomic E-state index is 14.0. The average molecular weight is 489 g/mol. The summed E-state index contributed by atoms with van der Waals surface area (Å²) in [5.41, 5.74) is -0.152. The van der Waals surface area contributed by atoms with Crippen LogP contribution in [0.5, 0.6) is 0 Å². The largest absolute Gasteiger partial charge is 0.449 e. The maximum Gasteiger partial charge on any atom is 0.449 e. The Hall–Kier alpha value is -3.38. The van der Waals surface area contributed by atoms with Crippen molar-refractivity contribution in [3.8, 4) is 0 Å². The van der Waals surface area contributed by atoms with Crippen LogP contribution in [0.2, 0.25) is 0 Å². The first-order chi connectivity index (χ1) is 15.8. The summed E-state index contributed by atoms with van der Waals surface area (Å²) in [5, 5.41) is 0. The molecule has 13 heteroatoms. The highest BCUT2D eigenvalue weighted by Gasteiger charge is 2.41. The van der Waals surface area contributed by atoms with Gasteiger partial charge in [0.05, 0.1) is 18.3 Å². The number of aromatic nitrogens is 2. The molecule has 0 fully saturated rings. The van der Waals surface area contributed by atoms with Crippen molar-refractivity contribution >= 4 is 24.3 Å². The van der Waals surface area contributed by atoms with Crippen LogP contribution in [-0.2, 0) is 35.3 Å². The lowest BCUT2D eigenvalue weighted by Gasteiger charge is -2.31. The molecule has 184 valence electrons. The molecular formula is C21H21F6N5O2. The Bertz CT molecular complexity index is 1130. The fraction of sp³-hybridized carbons (Fsp3) is 0.429. The summed E-state index contributed by atoms with van der Waals surface area (Å²) in [6, 6.07) is 0.183. The van der Waals surface area contributed by atoms with Gasteiger partial charge in [0, 0.05) is 39.5 Å². The van der Waals surface area contributed by atoms with Crippen molar-refractivity contribution in [2.75, 3.05) is 18.5 Å². The van der Waals surface area contributed by atoms with Crippen LogP contribution in [0.4, 0.5) is 32.2 Å². The number of hydrogen-bond acceptors (Lipinski definition) is 4. The summed E-state index contributed by atoms with van der Waals surface area (Å²) in [6.07, 6.45) is -5.29. The van der Waals surface area contributed by atoms with Gasteiger partial charge < -0.3 is 9.47 Å². The molecular weight excluding hydrogens is 468 g/mol. The van der Waals surface area contributed by atoms with Gasteiger partial charge in [-0.1, -0.05) is 0 Å². The number of carbonyl (C=O) groups is 2. The van der Waals surface area contributed by atoms with Gasteiger partial charge in [0.2, 0.25) is 17.6 Å². The van der Waals surface area contributed by atoms with E-state index < -0.39 is 47.3 Å². The number of nitrogens with zero attached hydrogens (tertiary/aromatic N) is 5. The van der Waals surface area contributed by atoms with E-state index in [2.05, 4.69) is 16.7 Å². The van der Waals surface area contributed by atoms with Gasteiger partial charge in [0.1, 0.15) is 5.82 Å². The third-order valence-corrected chi connectivity index (χ3v) is 5.60. The van der Waals surface area contributed by atoms with Crippen molar-refractivity contribution < 1.29 is 35.9 Å². The molecule has 0 N–H and O–H groups in total. The topological polar surface area (TPSA) is 70.8 Å². The fourth-order valence-electron chi connectivity index (χ4n) is 3.70. The third kappa shape index (κ3) is 5.07. The monoisotopic (exact) mass is 489 g/mol. The molecule has 0 saturated heterocycles. The molecule has 1 aliphatic heterocycles. The number of carbonyl (C=O) groups excluding carboxylic acids is 2. The minimum atomic E-state index is -4.76. The maximum absolute atomic E-state index is 14.0. The van der Waals surface area contributed by atoms with Crippen LogP contribution in [-0.4, -0.2) is 52.6 Å². The molecule has 0 aliphatic carbocycles. The van der Waals surface area contributed by atoms with Crippen LogP contribution >= 0.6 is 0 Å². The predicted octanol–water partition coefficient (Wildman–Crippen LogP) is 3.35. The summed E-state index contributed by atoms with van der Waals surface area (Å²) in [7, 11) is 1.28. The first-order valence-corrected chi connectivity index (χ1v) is 10.1. The molecule has 3 rings (SSSR count). The molecule has 0 radical (unpaired) electrons. The Labute approximate surface area is 190 Å². The number of rotatable bonds is 6. The Kier molecular flexibility index (Phi) is 7.03. The molecule has 2 aromatic rings. The van der Waals surface area contributed by atoms with E-state index in [1.807, 2.05) is 0 Å². The summed E-state index contributed by atoms with van der Waals surface area (Å²) in [5.74, 6) is -6.04. The second-order valence-corrected chi connectivity index (χ2v) is 7.85. The Morgan fingerprint density at radius 3 is 2.41 bits per heavy atom. The SMILES string of the molecule is C=N[C@@H](CC(=O)N1CCn2c(C(F)(F)F)nc(N(C)C(C)=O)c2C1)Cc1cc(F)c(F)cc1F. The van der Waals surface area contributed by atoms with Crippen LogP contribution in [0.3, 0.4) is 0 Å². The van der Waals surface area contributed by atoms with Crippen molar-refractivity contribution in [3.63, 3.8) is 0 Å². The third-order valence-electron chi connectivity index (χ3n) is 5.60. The van der Waals surface area contributed by atoms with E-state index in [9.17, 15) is 35.9 Å². The normalized spacial score (nSPS) is 14.5. The summed E-state index contributed by atoms with van der Waals surface area (Å²) >= 11 is 0. The van der Waals surface area contributed by atoms with Gasteiger partial charge in [0.15, 0.2) is 17.5 Å². The Morgan fingerprint density at radius 1 is 1.18 bits per heavy atom. The molecule has 2 heterocycles. The number of anilines is 1. The predicted molar refractivity (Wildman–Crippen MR) is 110 cm³/mol. The molecule has 0 bridgehead atoms. The molecule has 1 atom stereocenters. The zero-order valence-electron chi connectivity index (χ0n) is 18.3. The molecule has 0 unspecified atom stereocenters. The molecule has 1 aromatic heterocycles. The van der Waals surface area contributed by atoms with E-state index >= 15 is 0 Å². The molecule has 1 aliphatic rings. The lowest BCUT2D eigenvalue weighted by atomic mass is 10.0. The van der Waals surface area contributed by atoms with Crippen LogP contribution in [0.15, 0.2) is 17.1 Å². The standard InChI is InChI=1S/C21H21F6N5O2/c1-11(33)30(3)19-17-10-31(4-5-32(17)20(29-19)21(25,26)27)18(34)8-13(28-2)6-12-7-15(23)16(24)9-14(12)22/h7,9,13H,2,4-6,8,10H2,1,3H3/t13-/m1/s1. The first kappa shape index (κ1) is 25.2. The Morgan fingerprint density at radius 2 is 1.82 bits per heavy atom. The van der Waals surface area contributed by atoms with E-state index in [-0.39, 0.29) is 49.6 Å². The second-order valence-electron chi connectivity index (χ2n) is 7.85. The van der Waals surface area contributed by atoms with Crippen LogP contribution in [0, 0.1) is 17.5 Å². The number of benzene rings is 1. The van der Waals surface area contributed by atoms with E-state index in [1.54, 1.807) is 0 Å². The zero-order chi connectivity index (χ0) is 25.4. The number of aliphatic imine (C=N–C) groups is 1. The van der Waals surface area contributed by atoms with Gasteiger partial charge in [0.25, 0.3) is 0 Å². The summed E-state index contributed by atoms with van der Waals surface area (Å²) in [4.78, 5) is 34.2. The van der Waals surface area contributed by atoms with Crippen LogP contribution < -0.4 is 4.90 Å². The highest BCUT2D eigenvalue weighted by molar-refractivity contribution is 5.90. The second kappa shape index (κ2) is 9.47. The smallest absolute Gasteiger partial charge is 0.335 e. The number of alkyl halides is 3. The van der Waals surface area contributed by atoms with E-state index in [4.69, 9.17) is 0 Å². The van der Waals surface area contributed by atoms with Crippen molar-refractivity contribution in [2.24, 2.45) is 4.99 Å². The van der Waals surface area contributed by atoms with Gasteiger partial charge in [-0.25, -0.2) is 18.2 Å². The highest BCUT2D eigenvalue weighted by atomic mass is 19.4. The lowest BCUT2D eigenvalue weighted by molar-refractivity contribution is -0.148. The van der Waals surface area contributed by atoms with Crippen molar-refractivity contribution in [1.82, 2.24) is 14.5 Å². The molecule has 7 nitrogen and oxygen atoms in total. The first-order valence-electron chi connectivity index (χ1n) is 10.1. The van der Waals surface area contributed by atoms with Crippen molar-refractivity contribution in [1.29, 1.82) is 0 Å². The number of halogens is 6. The van der Waals surface area contributed by atoms with Crippen LogP contribution in [0.25, 0.3) is 0 Å². The number of fused-ring (bicyclic) bond motifs is 1. The van der Waals surface area contributed by atoms with Crippen LogP contribution in [0.1, 0.15) is 30.4 Å². The molecule has 1 aromatic carbocycles. The van der Waals surface area contributed by atoms with Gasteiger partial charge in [-0.05, 0) is 24.8 Å². The zero-order valence-corrected chi connectivity index (χ0v) is 18.3. The van der Waals surface area contributed by atoms with E-state index in [1.165, 1.54) is 18.9 Å². The minimum absolute atomic E-state index is 0.0411. The average Bonchev–Trinajstić information content (AvgIpc) is 3.15. The minimum Gasteiger partial charge on any atom is -0.335 e. The van der Waals surface area contributed by atoms with E-state index in [0.29, 0.717) is 12.1 Å². The number of imidazole rings is 1. The molecule has 34 heavy (non-hydrogen) atoms. The molecule has 0 saturated carbocycles. The highest BCUT2D eigenvalue weighted by Crippen LogP contribution is 2.35. The van der Waals surface area contributed by atoms with Crippen molar-refractivity contribution in [3.05, 3.63) is 46.7 Å². The van der Waals surface area contributed by atoms with Gasteiger partial charge in [-0.15, -0.1) is 0 Å². The summed E-state index contributed by atoms with van der Waals surface area (Å²) in [6.45, 7) is 3.99. The quantitative estimate of drug-likeness (QED) is 0.355. The van der Waals surface area contributed by atoms with Gasteiger partial charge >= 0.3 is 6.18 Å². The lowest BCUT2D eigenvalue weighted by Crippen LogP contribution is -2.41. The molecule has 2 amide bonds. The number of hydrogen-bond donors (Lipinski definition) is 0. The van der Waals surface area contributed by atoms with E-state index in [0.717, 1.165) is 9.47 Å². The number of amides is 2. The van der Waals surface area contributed by atoms with Crippen molar-refractivity contribution in [2.45, 2.75) is 45.1 Å². The Balaban J connectivity index is 1.81.